The van der Waals surface area contributed by atoms with Gasteiger partial charge in [0.2, 0.25) is 10.0 Å². The molecule has 130 valence electrons. The molecule has 0 saturated heterocycles. The zero-order valence-corrected chi connectivity index (χ0v) is 16.6. The molecule has 0 radical (unpaired) electrons. The highest BCUT2D eigenvalue weighted by Gasteiger charge is 2.21. The summed E-state index contributed by atoms with van der Waals surface area (Å²) in [5.41, 5.74) is 1.74. The number of benzene rings is 3. The first kappa shape index (κ1) is 18.1. The lowest BCUT2D eigenvalue weighted by Crippen LogP contribution is -2.27. The third-order valence-corrected chi connectivity index (χ3v) is 6.43. The number of nitrogens with one attached hydrogen (secondary N) is 1. The molecule has 25 heavy (non-hydrogen) atoms. The van der Waals surface area contributed by atoms with Crippen LogP contribution in [0.2, 0.25) is 0 Å². The SMILES string of the molecule is CCc1cc(Br)ccc1S(=O)(=O)NC(C)c1ccc2ccccc2c1. The average molecular weight is 418 g/mol. The van der Waals surface area contributed by atoms with Gasteiger partial charge in [0, 0.05) is 10.5 Å². The number of fused-ring (bicyclic) bond motifs is 1. The van der Waals surface area contributed by atoms with Crippen molar-refractivity contribution >= 4 is 36.7 Å². The van der Waals surface area contributed by atoms with Gasteiger partial charge in [-0.05, 0) is 59.5 Å². The summed E-state index contributed by atoms with van der Waals surface area (Å²) >= 11 is 3.40. The van der Waals surface area contributed by atoms with Crippen LogP contribution in [0.1, 0.15) is 31.0 Å². The van der Waals surface area contributed by atoms with Gasteiger partial charge in [0.25, 0.3) is 0 Å². The van der Waals surface area contributed by atoms with Crippen LogP contribution in [0.25, 0.3) is 10.8 Å². The summed E-state index contributed by atoms with van der Waals surface area (Å²) in [5, 5.41) is 2.24. The Morgan fingerprint density at radius 2 is 1.72 bits per heavy atom. The molecule has 0 amide bonds. The first-order chi connectivity index (χ1) is 11.9. The molecule has 0 bridgehead atoms. The Morgan fingerprint density at radius 3 is 2.44 bits per heavy atom. The number of sulfonamides is 1. The number of rotatable bonds is 5. The summed E-state index contributed by atoms with van der Waals surface area (Å²) in [6, 6.07) is 19.0. The molecule has 0 aliphatic heterocycles. The van der Waals surface area contributed by atoms with Crippen LogP contribution < -0.4 is 4.72 Å². The minimum absolute atomic E-state index is 0.317. The Kier molecular flexibility index (Phi) is 5.27. The maximum absolute atomic E-state index is 12.8. The summed E-state index contributed by atoms with van der Waals surface area (Å²) < 4.78 is 29.4. The van der Waals surface area contributed by atoms with Crippen molar-refractivity contribution in [3.8, 4) is 0 Å². The standard InChI is InChI=1S/C20H20BrNO2S/c1-3-15-13-19(21)10-11-20(15)25(23,24)22-14(2)17-9-8-16-6-4-5-7-18(16)12-17/h4-14,22H,3H2,1-2H3. The van der Waals surface area contributed by atoms with Gasteiger partial charge in [-0.2, -0.15) is 0 Å². The lowest BCUT2D eigenvalue weighted by Gasteiger charge is -2.17. The summed E-state index contributed by atoms with van der Waals surface area (Å²) in [5.74, 6) is 0. The maximum atomic E-state index is 12.8. The quantitative estimate of drug-likeness (QED) is 0.619. The molecular weight excluding hydrogens is 398 g/mol. The normalized spacial score (nSPS) is 13.1. The third-order valence-electron chi connectivity index (χ3n) is 4.30. The fraction of sp³-hybridized carbons (Fsp3) is 0.200. The zero-order valence-electron chi connectivity index (χ0n) is 14.2. The number of halogens is 1. The Bertz CT molecular complexity index is 1020. The molecule has 1 N–H and O–H groups in total. The highest BCUT2D eigenvalue weighted by atomic mass is 79.9. The van der Waals surface area contributed by atoms with Crippen molar-refractivity contribution in [3.63, 3.8) is 0 Å². The Morgan fingerprint density at radius 1 is 1.00 bits per heavy atom. The van der Waals surface area contributed by atoms with Gasteiger partial charge in [-0.25, -0.2) is 13.1 Å². The smallest absolute Gasteiger partial charge is 0.207 e. The molecular formula is C20H20BrNO2S. The van der Waals surface area contributed by atoms with Crippen molar-refractivity contribution in [1.29, 1.82) is 0 Å². The van der Waals surface area contributed by atoms with E-state index in [0.717, 1.165) is 26.4 Å². The summed E-state index contributed by atoms with van der Waals surface area (Å²) in [7, 11) is -3.59. The Labute approximate surface area is 157 Å². The highest BCUT2D eigenvalue weighted by molar-refractivity contribution is 9.10. The van der Waals surface area contributed by atoms with E-state index >= 15 is 0 Å². The topological polar surface area (TPSA) is 46.2 Å². The van der Waals surface area contributed by atoms with Crippen LogP contribution in [-0.4, -0.2) is 8.42 Å². The first-order valence-corrected chi connectivity index (χ1v) is 10.5. The van der Waals surface area contributed by atoms with Gasteiger partial charge in [0.05, 0.1) is 4.90 Å². The predicted molar refractivity (Wildman–Crippen MR) is 106 cm³/mol. The molecule has 0 aliphatic rings. The van der Waals surface area contributed by atoms with E-state index in [4.69, 9.17) is 0 Å². The van der Waals surface area contributed by atoms with Crippen molar-refractivity contribution in [3.05, 3.63) is 76.3 Å². The molecule has 0 aromatic heterocycles. The van der Waals surface area contributed by atoms with Crippen LogP contribution in [0.5, 0.6) is 0 Å². The zero-order chi connectivity index (χ0) is 18.0. The van der Waals surface area contributed by atoms with Gasteiger partial charge < -0.3 is 0 Å². The average Bonchev–Trinajstić information content (AvgIpc) is 2.60. The second kappa shape index (κ2) is 7.28. The van der Waals surface area contributed by atoms with Crippen molar-refractivity contribution in [2.75, 3.05) is 0 Å². The van der Waals surface area contributed by atoms with Crippen LogP contribution in [0, 0.1) is 0 Å². The molecule has 0 aliphatic carbocycles. The van der Waals surface area contributed by atoms with E-state index in [0.29, 0.717) is 11.3 Å². The Hall–Kier alpha value is -1.69. The molecule has 3 aromatic carbocycles. The molecule has 5 heteroatoms. The van der Waals surface area contributed by atoms with Crippen LogP contribution in [0.4, 0.5) is 0 Å². The number of aryl methyl sites for hydroxylation is 1. The summed E-state index contributed by atoms with van der Waals surface area (Å²) in [4.78, 5) is 0.339. The van der Waals surface area contributed by atoms with Gasteiger partial charge in [-0.15, -0.1) is 0 Å². The Balaban J connectivity index is 1.91. The molecule has 0 heterocycles. The second-order valence-corrected chi connectivity index (χ2v) is 8.65. The van der Waals surface area contributed by atoms with Gasteiger partial charge in [0.15, 0.2) is 0 Å². The molecule has 0 fully saturated rings. The summed E-state index contributed by atoms with van der Waals surface area (Å²) in [6.45, 7) is 3.82. The molecule has 3 nitrogen and oxygen atoms in total. The lowest BCUT2D eigenvalue weighted by atomic mass is 10.0. The van der Waals surface area contributed by atoms with Crippen LogP contribution in [0.3, 0.4) is 0 Å². The van der Waals surface area contributed by atoms with E-state index < -0.39 is 10.0 Å². The fourth-order valence-electron chi connectivity index (χ4n) is 2.93. The monoisotopic (exact) mass is 417 g/mol. The third kappa shape index (κ3) is 3.94. The van der Waals surface area contributed by atoms with E-state index in [1.165, 1.54) is 0 Å². The predicted octanol–water partition coefficient (Wildman–Crippen LogP) is 5.20. The van der Waals surface area contributed by atoms with Crippen molar-refractivity contribution < 1.29 is 8.42 Å². The van der Waals surface area contributed by atoms with Crippen LogP contribution >= 0.6 is 15.9 Å². The van der Waals surface area contributed by atoms with Gasteiger partial charge in [-0.1, -0.05) is 59.3 Å². The molecule has 3 rings (SSSR count). The molecule has 1 atom stereocenters. The van der Waals surface area contributed by atoms with Crippen molar-refractivity contribution in [1.82, 2.24) is 4.72 Å². The van der Waals surface area contributed by atoms with Crippen LogP contribution in [-0.2, 0) is 16.4 Å². The lowest BCUT2D eigenvalue weighted by molar-refractivity contribution is 0.566. The van der Waals surface area contributed by atoms with Crippen molar-refractivity contribution in [2.45, 2.75) is 31.2 Å². The van der Waals surface area contributed by atoms with Crippen molar-refractivity contribution in [2.24, 2.45) is 0 Å². The highest BCUT2D eigenvalue weighted by Crippen LogP contribution is 2.25. The minimum Gasteiger partial charge on any atom is -0.207 e. The van der Waals surface area contributed by atoms with E-state index in [-0.39, 0.29) is 6.04 Å². The van der Waals surface area contributed by atoms with Gasteiger partial charge in [0.1, 0.15) is 0 Å². The first-order valence-electron chi connectivity index (χ1n) is 8.20. The number of hydrogen-bond donors (Lipinski definition) is 1. The van der Waals surface area contributed by atoms with Crippen LogP contribution in [0.15, 0.2) is 70.0 Å². The second-order valence-electron chi connectivity index (χ2n) is 6.06. The van der Waals surface area contributed by atoms with E-state index in [9.17, 15) is 8.42 Å². The van der Waals surface area contributed by atoms with Gasteiger partial charge in [-0.3, -0.25) is 0 Å². The van der Waals surface area contributed by atoms with E-state index in [1.807, 2.05) is 62.4 Å². The van der Waals surface area contributed by atoms with Gasteiger partial charge >= 0.3 is 0 Å². The maximum Gasteiger partial charge on any atom is 0.241 e. The molecule has 0 spiro atoms. The summed E-state index contributed by atoms with van der Waals surface area (Å²) in [6.07, 6.45) is 0.653. The van der Waals surface area contributed by atoms with E-state index in [2.05, 4.69) is 20.7 Å². The largest absolute Gasteiger partial charge is 0.241 e. The minimum atomic E-state index is -3.59. The molecule has 3 aromatic rings. The fourth-order valence-corrected chi connectivity index (χ4v) is 4.86. The number of hydrogen-bond acceptors (Lipinski definition) is 2. The molecule has 0 saturated carbocycles. The molecule has 1 unspecified atom stereocenters. The van der Waals surface area contributed by atoms with E-state index in [1.54, 1.807) is 12.1 Å².